The van der Waals surface area contributed by atoms with E-state index >= 15 is 0 Å². The van der Waals surface area contributed by atoms with Gasteiger partial charge in [0.05, 0.1) is 30.4 Å². The maximum Gasteiger partial charge on any atom is 3.00 e. The molecule has 0 unspecified atom stereocenters. The molecule has 0 N–H and O–H groups in total. The van der Waals surface area contributed by atoms with Gasteiger partial charge in [-0.3, -0.25) is 0 Å². The fourth-order valence-corrected chi connectivity index (χ4v) is 0. The molecule has 114 valence electrons. The van der Waals surface area contributed by atoms with Crippen LogP contribution in [0.3, 0.4) is 0 Å². The van der Waals surface area contributed by atoms with Crippen LogP contribution < -0.4 is 0 Å². The summed E-state index contributed by atoms with van der Waals surface area (Å²) < 4.78 is 85.0. The normalized spacial score (nSPS) is 11.1. The zero-order chi connectivity index (χ0) is 15.6. The molecule has 0 radical (unpaired) electrons. The van der Waals surface area contributed by atoms with E-state index in [9.17, 15) is 38.9 Å². The molecule has 0 spiro atoms. The molecule has 9 nitrogen and oxygen atoms in total. The summed E-state index contributed by atoms with van der Waals surface area (Å²) in [7, 11) is -11.7. The Morgan fingerprint density at radius 3 is 0.632 bits per heavy atom. The quantitative estimate of drug-likeness (QED) is 0.421. The van der Waals surface area contributed by atoms with E-state index in [2.05, 4.69) is 0 Å². The maximum absolute atomic E-state index is 9.44. The first-order valence-electron chi connectivity index (χ1n) is 4.49. The minimum Gasteiger partial charge on any atom is -0.748 e. The van der Waals surface area contributed by atoms with E-state index in [1.807, 2.05) is 0 Å². The summed E-state index contributed by atoms with van der Waals surface area (Å²) in [6.07, 6.45) is 0. The topological polar surface area (TPSA) is 172 Å². The van der Waals surface area contributed by atoms with E-state index in [1.54, 1.807) is 0 Å². The van der Waals surface area contributed by atoms with Crippen molar-refractivity contribution in [3.8, 4) is 0 Å². The molecule has 0 aliphatic carbocycles. The molecular weight excluding hydrogens is 339 g/mol. The van der Waals surface area contributed by atoms with Gasteiger partial charge in [0, 0.05) is 17.3 Å². The third-order valence-electron chi connectivity index (χ3n) is 1.06. The van der Waals surface area contributed by atoms with Crippen LogP contribution in [-0.4, -0.2) is 73.5 Å². The van der Waals surface area contributed by atoms with E-state index in [0.29, 0.717) is 0 Å². The monoisotopic (exact) mass is 354 g/mol. The van der Waals surface area contributed by atoms with Crippen LogP contribution in [0.1, 0.15) is 20.8 Å². The van der Waals surface area contributed by atoms with E-state index in [4.69, 9.17) is 0 Å². The smallest absolute Gasteiger partial charge is 0.748 e. The van der Waals surface area contributed by atoms with E-state index in [1.165, 1.54) is 20.8 Å². The van der Waals surface area contributed by atoms with Gasteiger partial charge in [0.2, 0.25) is 0 Å². The molecule has 0 aromatic heterocycles. The Balaban J connectivity index is -0.0000000865. The Kier molecular flexibility index (Phi) is 17.5. The summed E-state index contributed by atoms with van der Waals surface area (Å²) in [5.74, 6) is -0.938. The minimum atomic E-state index is -3.91. The molecule has 0 heterocycles. The van der Waals surface area contributed by atoms with Gasteiger partial charge in [-0.25, -0.2) is 25.3 Å². The molecule has 0 aliphatic rings. The van der Waals surface area contributed by atoms with Crippen molar-refractivity contribution in [2.24, 2.45) is 0 Å². The second kappa shape index (κ2) is 12.0. The van der Waals surface area contributed by atoms with E-state index < -0.39 is 30.4 Å². The van der Waals surface area contributed by atoms with Crippen molar-refractivity contribution >= 4 is 47.7 Å². The van der Waals surface area contributed by atoms with Crippen LogP contribution in [0.25, 0.3) is 0 Å². The summed E-state index contributed by atoms with van der Waals surface area (Å²) in [6, 6.07) is 0. The molecule has 19 heavy (non-hydrogen) atoms. The maximum atomic E-state index is 9.44. The van der Waals surface area contributed by atoms with Gasteiger partial charge in [0.1, 0.15) is 0 Å². The van der Waals surface area contributed by atoms with Crippen molar-refractivity contribution in [1.29, 1.82) is 0 Å². The molecular formula is C6H15AlO9S3. The van der Waals surface area contributed by atoms with Crippen molar-refractivity contribution in [2.45, 2.75) is 20.8 Å². The molecule has 0 fully saturated rings. The zero-order valence-corrected chi connectivity index (χ0v) is 14.2. The molecule has 0 bridgehead atoms. The third-order valence-corrected chi connectivity index (χ3v) is 3.18. The zero-order valence-electron chi connectivity index (χ0n) is 10.6. The summed E-state index contributed by atoms with van der Waals surface area (Å²) in [5, 5.41) is 0. The summed E-state index contributed by atoms with van der Waals surface area (Å²) in [4.78, 5) is 0. The molecule has 0 atom stereocenters. The Morgan fingerprint density at radius 1 is 0.579 bits per heavy atom. The number of rotatable bonds is 3. The molecule has 13 heteroatoms. The Bertz CT molecular complexity index is 414. The predicted octanol–water partition coefficient (Wildman–Crippen LogP) is -1.73. The Labute approximate surface area is 124 Å². The van der Waals surface area contributed by atoms with Gasteiger partial charge in [-0.2, -0.15) is 0 Å². The van der Waals surface area contributed by atoms with Crippen molar-refractivity contribution in [2.75, 3.05) is 17.3 Å². The molecule has 0 saturated carbocycles. The van der Waals surface area contributed by atoms with Gasteiger partial charge in [-0.05, 0) is 0 Å². The fourth-order valence-electron chi connectivity index (χ4n) is 0. The van der Waals surface area contributed by atoms with Crippen molar-refractivity contribution in [3.63, 3.8) is 0 Å². The summed E-state index contributed by atoms with van der Waals surface area (Å²) in [5.41, 5.74) is 0. The van der Waals surface area contributed by atoms with Crippen LogP contribution in [-0.2, 0) is 30.4 Å². The van der Waals surface area contributed by atoms with Crippen LogP contribution >= 0.6 is 0 Å². The van der Waals surface area contributed by atoms with Gasteiger partial charge in [-0.15, -0.1) is 0 Å². The number of hydrogen-bond acceptors (Lipinski definition) is 9. The van der Waals surface area contributed by atoms with Gasteiger partial charge >= 0.3 is 17.4 Å². The van der Waals surface area contributed by atoms with Gasteiger partial charge in [0.25, 0.3) is 0 Å². The molecule has 0 aromatic carbocycles. The molecule has 0 amide bonds. The summed E-state index contributed by atoms with van der Waals surface area (Å²) in [6.45, 7) is 3.92. The second-order valence-corrected chi connectivity index (χ2v) is 7.62. The van der Waals surface area contributed by atoms with Gasteiger partial charge < -0.3 is 13.7 Å². The fraction of sp³-hybridized carbons (Fsp3) is 1.00. The van der Waals surface area contributed by atoms with Gasteiger partial charge in [0.15, 0.2) is 0 Å². The SMILES string of the molecule is CCS(=O)(=O)[O-].CCS(=O)(=O)[O-].CCS(=O)(=O)[O-].[Al+3]. The second-order valence-electron chi connectivity index (χ2n) is 2.54. The first-order chi connectivity index (χ1) is 7.68. The minimum absolute atomic E-state index is 0. The van der Waals surface area contributed by atoms with Crippen LogP contribution in [0.2, 0.25) is 0 Å². The Hall–Kier alpha value is 0.262. The standard InChI is InChI=1S/3C2H6O3S.Al/c3*1-2-6(3,4)5;/h3*2H2,1H3,(H,3,4,5);/q;;;+3/p-3. The Morgan fingerprint density at radius 2 is 0.632 bits per heavy atom. The third kappa shape index (κ3) is 56.3. The van der Waals surface area contributed by atoms with Gasteiger partial charge in [-0.1, -0.05) is 20.8 Å². The predicted molar refractivity (Wildman–Crippen MR) is 66.5 cm³/mol. The summed E-state index contributed by atoms with van der Waals surface area (Å²) >= 11 is 0. The van der Waals surface area contributed by atoms with Crippen LogP contribution in [0.15, 0.2) is 0 Å². The van der Waals surface area contributed by atoms with E-state index in [0.717, 1.165) is 0 Å². The van der Waals surface area contributed by atoms with Crippen molar-refractivity contribution in [1.82, 2.24) is 0 Å². The molecule has 0 aromatic rings. The largest absolute Gasteiger partial charge is 3.00 e. The first-order valence-corrected chi connectivity index (χ1v) is 9.22. The van der Waals surface area contributed by atoms with Crippen molar-refractivity contribution in [3.05, 3.63) is 0 Å². The average Bonchev–Trinajstić information content (AvgIpc) is 2.16. The first kappa shape index (κ1) is 27.6. The number of hydrogen-bond donors (Lipinski definition) is 0. The molecule has 0 saturated heterocycles. The molecule has 0 rings (SSSR count). The van der Waals surface area contributed by atoms with Crippen LogP contribution in [0, 0.1) is 0 Å². The average molecular weight is 354 g/mol. The van der Waals surface area contributed by atoms with Crippen LogP contribution in [0.5, 0.6) is 0 Å². The van der Waals surface area contributed by atoms with E-state index in [-0.39, 0.29) is 34.6 Å². The van der Waals surface area contributed by atoms with Crippen molar-refractivity contribution < 1.29 is 38.9 Å². The molecule has 0 aliphatic heterocycles. The van der Waals surface area contributed by atoms with Crippen LogP contribution in [0.4, 0.5) is 0 Å².